The number of unbranched alkanes of at least 4 members (excludes halogenated alkanes) is 2. The molecule has 15 nitrogen and oxygen atoms in total. The number of carbonyl (C=O) groups excluding carboxylic acids is 5. The molecular formula is C57H73ClN6O9S. The monoisotopic (exact) mass is 1050 g/mol. The van der Waals surface area contributed by atoms with Crippen LogP contribution in [-0.4, -0.2) is 106 Å². The van der Waals surface area contributed by atoms with Gasteiger partial charge in [-0.2, -0.15) is 5.26 Å². The number of likely N-dealkylation sites (tertiary alicyclic amines) is 1. The third kappa shape index (κ3) is 14.2. The lowest BCUT2D eigenvalue weighted by molar-refractivity contribution is -0.196. The number of aryl methyl sites for hydroxylation is 1. The van der Waals surface area contributed by atoms with Gasteiger partial charge in [-0.05, 0) is 106 Å². The number of β-amino-alcohol motifs (C(OH)–C–C–N with tert-alkyl or cyclic N) is 1. The zero-order valence-corrected chi connectivity index (χ0v) is 46.2. The van der Waals surface area contributed by atoms with E-state index in [1.54, 1.807) is 101 Å². The Balaban J connectivity index is 0.975. The van der Waals surface area contributed by atoms with Gasteiger partial charge in [0.05, 0.1) is 39.4 Å². The van der Waals surface area contributed by atoms with Crippen LogP contribution >= 0.6 is 22.9 Å². The highest BCUT2D eigenvalue weighted by Gasteiger charge is 2.63. The van der Waals surface area contributed by atoms with Crippen LogP contribution in [0.15, 0.2) is 72.2 Å². The molecule has 2 unspecified atom stereocenters. The molecule has 1 aliphatic heterocycles. The van der Waals surface area contributed by atoms with Crippen LogP contribution in [-0.2, 0) is 25.7 Å². The van der Waals surface area contributed by atoms with Crippen molar-refractivity contribution in [1.29, 1.82) is 5.26 Å². The number of nitrogens with one attached hydrogen (secondary N) is 2. The summed E-state index contributed by atoms with van der Waals surface area (Å²) in [6, 6.07) is 20.0. The number of ketones is 1. The SMILES string of the molecule is Cc1ncsc1-c1ccc(CNC(=O)C2C[C@@H](O)CN2C(=O)C(NC(=O)CN(CCCCCOc2ccc(C(=O)CC3C(C)(C)C(Oc4ccc(C#N)c(Cl)c4)C3(C)C)cc2)C(=O)OC(C)(C)C)C(C)(C)C)cc1. The minimum absolute atomic E-state index is 0.0308. The number of aromatic nitrogens is 1. The summed E-state index contributed by atoms with van der Waals surface area (Å²) in [6.07, 6.45) is 0.467. The maximum absolute atomic E-state index is 14.3. The number of carbonyl (C=O) groups is 5. The van der Waals surface area contributed by atoms with E-state index in [1.807, 2.05) is 31.2 Å². The molecule has 0 bridgehead atoms. The molecule has 0 radical (unpaired) electrons. The lowest BCUT2D eigenvalue weighted by atomic mass is 9.44. The van der Waals surface area contributed by atoms with Crippen LogP contribution in [0, 0.1) is 40.4 Å². The standard InChI is InChI=1S/C57H73ClN6O9S/c1-35-48(74-34-61-35)38-17-15-36(16-18-38)31-60-50(68)44-27-40(65)32-64(44)51(69)49(54(2,3)4)62-47(67)33-63(53(70)73-55(5,6)7)25-13-12-14-26-71-41-22-19-37(20-23-41)45(66)29-46-56(8,9)52(57(46,10)11)72-42-24-21-39(30-59)43(58)28-42/h15-24,28,34,40,44,46,49,52,65H,12-14,25-27,29,31-33H2,1-11H3,(H,60,68)(H,62,67)/t40-,44?,46?,49?,52?/m1/s1. The van der Waals surface area contributed by atoms with E-state index >= 15 is 0 Å². The van der Waals surface area contributed by atoms with Crippen LogP contribution in [0.5, 0.6) is 11.5 Å². The molecule has 1 saturated carbocycles. The number of hydrogen-bond donors (Lipinski definition) is 3. The van der Waals surface area contributed by atoms with Crippen LogP contribution in [0.4, 0.5) is 4.79 Å². The number of rotatable bonds is 20. The summed E-state index contributed by atoms with van der Waals surface area (Å²) in [5.74, 6) is -0.205. The van der Waals surface area contributed by atoms with Crippen molar-refractivity contribution < 1.29 is 43.3 Å². The highest BCUT2D eigenvalue weighted by molar-refractivity contribution is 7.13. The number of aliphatic hydroxyl groups excluding tert-OH is 1. The van der Waals surface area contributed by atoms with E-state index in [-0.39, 0.29) is 61.2 Å². The van der Waals surface area contributed by atoms with Gasteiger partial charge in [0, 0.05) is 54.9 Å². The summed E-state index contributed by atoms with van der Waals surface area (Å²) in [5.41, 5.74) is 3.38. The maximum atomic E-state index is 14.3. The molecule has 74 heavy (non-hydrogen) atoms. The number of benzene rings is 3. The van der Waals surface area contributed by atoms with Gasteiger partial charge in [0.2, 0.25) is 17.7 Å². The minimum Gasteiger partial charge on any atom is -0.494 e. The van der Waals surface area contributed by atoms with Crippen LogP contribution in [0.2, 0.25) is 5.02 Å². The topological polar surface area (TPSA) is 200 Å². The van der Waals surface area contributed by atoms with Crippen molar-refractivity contribution in [3.8, 4) is 28.0 Å². The molecule has 2 fully saturated rings. The summed E-state index contributed by atoms with van der Waals surface area (Å²) < 4.78 is 18.1. The third-order valence-electron chi connectivity index (χ3n) is 14.1. The predicted molar refractivity (Wildman–Crippen MR) is 286 cm³/mol. The van der Waals surface area contributed by atoms with Gasteiger partial charge in [0.1, 0.15) is 47.9 Å². The Morgan fingerprint density at radius 1 is 0.946 bits per heavy atom. The molecule has 3 N–H and O–H groups in total. The van der Waals surface area contributed by atoms with Crippen molar-refractivity contribution in [1.82, 2.24) is 25.4 Å². The summed E-state index contributed by atoms with van der Waals surface area (Å²) in [4.78, 5) is 76.9. The second kappa shape index (κ2) is 23.7. The Morgan fingerprint density at radius 2 is 1.61 bits per heavy atom. The van der Waals surface area contributed by atoms with E-state index in [4.69, 9.17) is 25.8 Å². The zero-order valence-electron chi connectivity index (χ0n) is 44.7. The number of hydrogen-bond acceptors (Lipinski definition) is 12. The van der Waals surface area contributed by atoms with E-state index < -0.39 is 53.0 Å². The number of Topliss-reactive ketones (excluding diaryl/α,β-unsaturated/α-hetero) is 1. The summed E-state index contributed by atoms with van der Waals surface area (Å²) in [6.45, 7) is 21.4. The van der Waals surface area contributed by atoms with Crippen LogP contribution in [0.1, 0.15) is 129 Å². The Labute approximate surface area is 445 Å². The molecule has 4 aromatic rings. The highest BCUT2D eigenvalue weighted by Crippen LogP contribution is 2.62. The Kier molecular flexibility index (Phi) is 18.3. The minimum atomic E-state index is -1.08. The van der Waals surface area contributed by atoms with Crippen LogP contribution < -0.4 is 20.1 Å². The third-order valence-corrected chi connectivity index (χ3v) is 15.4. The zero-order chi connectivity index (χ0) is 54.3. The normalized spacial score (nSPS) is 19.3. The molecule has 2 aliphatic rings. The van der Waals surface area contributed by atoms with Gasteiger partial charge in [0.15, 0.2) is 5.78 Å². The Hall–Kier alpha value is -6.02. The molecule has 4 amide bonds. The van der Waals surface area contributed by atoms with Crippen LogP contribution in [0.25, 0.3) is 10.4 Å². The Bertz CT molecular complexity index is 2670. The fourth-order valence-electron chi connectivity index (χ4n) is 10.3. The van der Waals surface area contributed by atoms with E-state index in [2.05, 4.69) is 49.4 Å². The molecule has 1 aliphatic carbocycles. The van der Waals surface area contributed by atoms with E-state index in [9.17, 15) is 34.3 Å². The number of thiazole rings is 1. The fraction of sp³-hybridized carbons (Fsp3) is 0.526. The average Bonchev–Trinajstić information content (AvgIpc) is 3.95. The predicted octanol–water partition coefficient (Wildman–Crippen LogP) is 9.94. The quantitative estimate of drug-likeness (QED) is 0.0562. The Morgan fingerprint density at radius 3 is 2.20 bits per heavy atom. The molecule has 398 valence electrons. The lowest BCUT2D eigenvalue weighted by Gasteiger charge is -2.63. The first kappa shape index (κ1) is 57.3. The van der Waals surface area contributed by atoms with Gasteiger partial charge in [-0.1, -0.05) is 84.3 Å². The van der Waals surface area contributed by atoms with Gasteiger partial charge in [0.25, 0.3) is 0 Å². The van der Waals surface area contributed by atoms with Gasteiger partial charge in [-0.15, -0.1) is 11.3 Å². The second-order valence-electron chi connectivity index (χ2n) is 22.9. The molecule has 1 aromatic heterocycles. The first-order chi connectivity index (χ1) is 34.7. The fourth-order valence-corrected chi connectivity index (χ4v) is 11.4. The van der Waals surface area contributed by atoms with Crippen molar-refractivity contribution in [2.24, 2.45) is 22.2 Å². The lowest BCUT2D eigenvalue weighted by Crippen LogP contribution is -2.66. The highest BCUT2D eigenvalue weighted by atomic mass is 35.5. The second-order valence-corrected chi connectivity index (χ2v) is 24.1. The van der Waals surface area contributed by atoms with Crippen molar-refractivity contribution >= 4 is 52.5 Å². The van der Waals surface area contributed by atoms with E-state index in [0.29, 0.717) is 59.9 Å². The van der Waals surface area contributed by atoms with Crippen molar-refractivity contribution in [3.63, 3.8) is 0 Å². The van der Waals surface area contributed by atoms with Gasteiger partial charge < -0.3 is 34.9 Å². The van der Waals surface area contributed by atoms with Crippen LogP contribution in [0.3, 0.4) is 0 Å². The number of nitriles is 1. The maximum Gasteiger partial charge on any atom is 0.410 e. The number of halogens is 1. The largest absolute Gasteiger partial charge is 0.494 e. The van der Waals surface area contributed by atoms with Crippen molar-refractivity contribution in [2.45, 2.75) is 145 Å². The van der Waals surface area contributed by atoms with Crippen molar-refractivity contribution in [2.75, 3.05) is 26.2 Å². The van der Waals surface area contributed by atoms with E-state index in [1.165, 1.54) is 9.80 Å². The molecular weight excluding hydrogens is 980 g/mol. The molecule has 6 rings (SSSR count). The van der Waals surface area contributed by atoms with E-state index in [0.717, 1.165) is 21.7 Å². The smallest absolute Gasteiger partial charge is 0.410 e. The molecule has 3 atom stereocenters. The number of ether oxygens (including phenoxy) is 3. The molecule has 2 heterocycles. The first-order valence-electron chi connectivity index (χ1n) is 25.3. The van der Waals surface area contributed by atoms with Gasteiger partial charge in [-0.3, -0.25) is 24.1 Å². The summed E-state index contributed by atoms with van der Waals surface area (Å²) >= 11 is 7.82. The summed E-state index contributed by atoms with van der Waals surface area (Å²) in [7, 11) is 0. The molecule has 0 spiro atoms. The number of amides is 4. The average molecular weight is 1050 g/mol. The van der Waals surface area contributed by atoms with Gasteiger partial charge >= 0.3 is 6.09 Å². The molecule has 1 saturated heterocycles. The van der Waals surface area contributed by atoms with Crippen molar-refractivity contribution in [3.05, 3.63) is 99.6 Å². The molecule has 3 aromatic carbocycles. The number of aliphatic hydroxyl groups is 1. The molecule has 17 heteroatoms. The number of nitrogens with zero attached hydrogens (tertiary/aromatic N) is 4. The van der Waals surface area contributed by atoms with Gasteiger partial charge in [-0.25, -0.2) is 9.78 Å². The first-order valence-corrected chi connectivity index (χ1v) is 26.6. The summed E-state index contributed by atoms with van der Waals surface area (Å²) in [5, 5.41) is 26.1.